The van der Waals surface area contributed by atoms with Crippen LogP contribution in [0.4, 0.5) is 0 Å². The Hall–Kier alpha value is -1.47. The molecule has 0 bridgehead atoms. The molecule has 30 heavy (non-hydrogen) atoms. The van der Waals surface area contributed by atoms with Gasteiger partial charge in [-0.25, -0.2) is 0 Å². The Morgan fingerprint density at radius 2 is 1.70 bits per heavy atom. The van der Waals surface area contributed by atoms with Crippen LogP contribution in [0.15, 0.2) is 5.16 Å². The van der Waals surface area contributed by atoms with Gasteiger partial charge in [-0.05, 0) is 43.9 Å². The van der Waals surface area contributed by atoms with E-state index in [1.54, 1.807) is 13.8 Å². The Kier molecular flexibility index (Phi) is 9.06. The van der Waals surface area contributed by atoms with E-state index in [9.17, 15) is 25.0 Å². The fourth-order valence-corrected chi connectivity index (χ4v) is 4.71. The molecule has 0 aliphatic carbocycles. The SMILES string of the molecule is CC[C@H]1OC(=O)[C@H](C)C(=O)C[C@@H](C)[C@](C)(CC)C[C@@H](C)/C(=N\O)C(C)C(O)[C@]1(C)O. The fourth-order valence-electron chi connectivity index (χ4n) is 4.71. The van der Waals surface area contributed by atoms with Gasteiger partial charge in [-0.1, -0.05) is 53.1 Å². The monoisotopic (exact) mass is 427 g/mol. The third-order valence-corrected chi connectivity index (χ3v) is 7.55. The van der Waals surface area contributed by atoms with Crippen LogP contribution >= 0.6 is 0 Å². The second-order valence-corrected chi connectivity index (χ2v) is 9.72. The molecule has 1 saturated heterocycles. The lowest BCUT2D eigenvalue weighted by Gasteiger charge is -2.42. The summed E-state index contributed by atoms with van der Waals surface area (Å²) in [5.41, 5.74) is -1.64. The number of aliphatic hydroxyl groups is 2. The third kappa shape index (κ3) is 5.41. The number of carbonyl (C=O) groups excluding carboxylic acids is 2. The lowest BCUT2D eigenvalue weighted by molar-refractivity contribution is -0.186. The minimum absolute atomic E-state index is 0.000827. The maximum Gasteiger partial charge on any atom is 0.316 e. The maximum atomic E-state index is 12.8. The molecule has 1 rings (SSSR count). The molecule has 1 aliphatic heterocycles. The number of Topliss-reactive ketones (excluding diaryl/α,β-unsaturated/α-hetero) is 1. The van der Waals surface area contributed by atoms with E-state index in [0.29, 0.717) is 12.1 Å². The van der Waals surface area contributed by atoms with E-state index in [1.807, 2.05) is 13.8 Å². The summed E-state index contributed by atoms with van der Waals surface area (Å²) < 4.78 is 5.50. The van der Waals surface area contributed by atoms with Gasteiger partial charge in [0.15, 0.2) is 0 Å². The van der Waals surface area contributed by atoms with Crippen LogP contribution in [0.5, 0.6) is 0 Å². The van der Waals surface area contributed by atoms with Crippen LogP contribution in [-0.2, 0) is 14.3 Å². The molecule has 7 nitrogen and oxygen atoms in total. The zero-order valence-electron chi connectivity index (χ0n) is 19.8. The van der Waals surface area contributed by atoms with Gasteiger partial charge in [0.1, 0.15) is 23.4 Å². The van der Waals surface area contributed by atoms with Gasteiger partial charge in [0.2, 0.25) is 0 Å². The summed E-state index contributed by atoms with van der Waals surface area (Å²) in [4.78, 5) is 25.5. The van der Waals surface area contributed by atoms with Gasteiger partial charge in [-0.2, -0.15) is 0 Å². The van der Waals surface area contributed by atoms with E-state index in [1.165, 1.54) is 13.8 Å². The van der Waals surface area contributed by atoms with Gasteiger partial charge < -0.3 is 20.2 Å². The average molecular weight is 428 g/mol. The molecule has 0 amide bonds. The lowest BCUT2D eigenvalue weighted by atomic mass is 9.66. The Balaban J connectivity index is 3.48. The second-order valence-electron chi connectivity index (χ2n) is 9.72. The van der Waals surface area contributed by atoms with Crippen molar-refractivity contribution >= 4 is 17.5 Å². The van der Waals surface area contributed by atoms with Crippen molar-refractivity contribution < 1.29 is 29.7 Å². The number of oxime groups is 1. The molecule has 1 heterocycles. The van der Waals surface area contributed by atoms with Crippen LogP contribution in [0.3, 0.4) is 0 Å². The number of aliphatic hydroxyl groups excluding tert-OH is 1. The van der Waals surface area contributed by atoms with E-state index < -0.39 is 35.6 Å². The number of nitrogens with zero attached hydrogens (tertiary/aromatic N) is 1. The summed E-state index contributed by atoms with van der Waals surface area (Å²) in [7, 11) is 0. The van der Waals surface area contributed by atoms with E-state index in [2.05, 4.69) is 19.0 Å². The molecule has 0 aromatic rings. The maximum absolute atomic E-state index is 12.8. The van der Waals surface area contributed by atoms with Crippen LogP contribution in [0.25, 0.3) is 0 Å². The quantitative estimate of drug-likeness (QED) is 0.268. The summed E-state index contributed by atoms with van der Waals surface area (Å²) in [6.45, 7) is 14.5. The highest BCUT2D eigenvalue weighted by atomic mass is 16.6. The van der Waals surface area contributed by atoms with Crippen molar-refractivity contribution in [3.05, 3.63) is 0 Å². The van der Waals surface area contributed by atoms with Crippen LogP contribution in [0.2, 0.25) is 0 Å². The molecule has 1 aliphatic rings. The Bertz CT molecular complexity index is 646. The zero-order chi connectivity index (χ0) is 23.4. The van der Waals surface area contributed by atoms with Crippen molar-refractivity contribution in [3.8, 4) is 0 Å². The van der Waals surface area contributed by atoms with Crippen molar-refractivity contribution in [2.75, 3.05) is 0 Å². The third-order valence-electron chi connectivity index (χ3n) is 7.55. The molecular formula is C23H41NO6. The molecule has 0 saturated carbocycles. The van der Waals surface area contributed by atoms with Crippen molar-refractivity contribution in [2.24, 2.45) is 34.2 Å². The Morgan fingerprint density at radius 1 is 1.13 bits per heavy atom. The fraction of sp³-hybridized carbons (Fsp3) is 0.870. The summed E-state index contributed by atoms with van der Waals surface area (Å²) >= 11 is 0. The van der Waals surface area contributed by atoms with Crippen LogP contribution in [-0.4, -0.2) is 50.7 Å². The first-order valence-electron chi connectivity index (χ1n) is 11.1. The molecular weight excluding hydrogens is 386 g/mol. The molecule has 0 aromatic heterocycles. The number of rotatable bonds is 2. The molecule has 0 spiro atoms. The predicted molar refractivity (Wildman–Crippen MR) is 115 cm³/mol. The van der Waals surface area contributed by atoms with E-state index in [-0.39, 0.29) is 35.9 Å². The second kappa shape index (κ2) is 10.2. The highest BCUT2D eigenvalue weighted by Gasteiger charge is 2.47. The number of hydrogen-bond donors (Lipinski definition) is 3. The number of hydrogen-bond acceptors (Lipinski definition) is 7. The Labute approximate surface area is 180 Å². The first-order valence-corrected chi connectivity index (χ1v) is 11.1. The van der Waals surface area contributed by atoms with Crippen molar-refractivity contribution in [2.45, 2.75) is 98.9 Å². The van der Waals surface area contributed by atoms with Gasteiger partial charge >= 0.3 is 5.97 Å². The highest BCUT2D eigenvalue weighted by molar-refractivity contribution is 5.98. The van der Waals surface area contributed by atoms with E-state index in [4.69, 9.17) is 4.74 Å². The number of esters is 1. The number of cyclic esters (lactones) is 1. The zero-order valence-corrected chi connectivity index (χ0v) is 19.8. The minimum Gasteiger partial charge on any atom is -0.459 e. The van der Waals surface area contributed by atoms with E-state index in [0.717, 1.165) is 6.42 Å². The van der Waals surface area contributed by atoms with Gasteiger partial charge in [0, 0.05) is 12.3 Å². The predicted octanol–water partition coefficient (Wildman–Crippen LogP) is 3.57. The lowest BCUT2D eigenvalue weighted by Crippen LogP contribution is -2.56. The van der Waals surface area contributed by atoms with Crippen LogP contribution in [0, 0.1) is 29.1 Å². The Morgan fingerprint density at radius 3 is 2.17 bits per heavy atom. The molecule has 7 heteroatoms. The molecule has 3 N–H and O–H groups in total. The standard InChI is InChI=1S/C23H41NO6/c1-9-18-23(8,28)20(26)16(6)19(24-29)13(3)12-22(7,10-2)14(4)11-17(25)15(5)21(27)30-18/h13-16,18,20,26,28-29H,9-12H2,1-8H3/b24-19+/t13-,14-,15-,16?,18-,20?,22-,23-/m1/s1. The van der Waals surface area contributed by atoms with Crippen molar-refractivity contribution in [3.63, 3.8) is 0 Å². The number of ether oxygens (including phenoxy) is 1. The molecule has 1 fully saturated rings. The number of ketones is 1. The van der Waals surface area contributed by atoms with Gasteiger partial charge in [0.25, 0.3) is 0 Å². The van der Waals surface area contributed by atoms with Crippen LogP contribution < -0.4 is 0 Å². The van der Waals surface area contributed by atoms with Gasteiger partial charge in [-0.3, -0.25) is 9.59 Å². The smallest absolute Gasteiger partial charge is 0.316 e. The van der Waals surface area contributed by atoms with Gasteiger partial charge in [-0.15, -0.1) is 0 Å². The van der Waals surface area contributed by atoms with Gasteiger partial charge in [0.05, 0.1) is 11.8 Å². The van der Waals surface area contributed by atoms with Crippen LogP contribution in [0.1, 0.15) is 81.1 Å². The van der Waals surface area contributed by atoms with E-state index >= 15 is 0 Å². The average Bonchev–Trinajstić information content (AvgIpc) is 2.69. The largest absolute Gasteiger partial charge is 0.459 e. The minimum atomic E-state index is -1.78. The molecule has 0 radical (unpaired) electrons. The summed E-state index contributed by atoms with van der Waals surface area (Å²) in [5.74, 6) is -2.67. The van der Waals surface area contributed by atoms with Crippen molar-refractivity contribution in [1.82, 2.24) is 0 Å². The number of carbonyl (C=O) groups is 2. The highest BCUT2D eigenvalue weighted by Crippen LogP contribution is 2.41. The first-order chi connectivity index (χ1) is 13.8. The van der Waals surface area contributed by atoms with Crippen molar-refractivity contribution in [1.29, 1.82) is 0 Å². The molecule has 8 atom stereocenters. The normalized spacial score (nSPS) is 43.9. The topological polar surface area (TPSA) is 116 Å². The molecule has 0 aromatic carbocycles. The summed E-state index contributed by atoms with van der Waals surface area (Å²) in [6, 6.07) is 0. The summed E-state index contributed by atoms with van der Waals surface area (Å²) in [6.07, 6.45) is -0.390. The molecule has 174 valence electrons. The molecule has 2 unspecified atom stereocenters. The first kappa shape index (κ1) is 26.6. The summed E-state index contributed by atoms with van der Waals surface area (Å²) in [5, 5.41) is 35.3.